The number of para-hydroxylation sites is 1. The molecule has 1 amide bonds. The molecule has 152 valence electrons. The fourth-order valence-electron chi connectivity index (χ4n) is 5.05. The highest BCUT2D eigenvalue weighted by Crippen LogP contribution is 2.58. The quantitative estimate of drug-likeness (QED) is 0.608. The van der Waals surface area contributed by atoms with Gasteiger partial charge in [-0.05, 0) is 29.5 Å². The van der Waals surface area contributed by atoms with Gasteiger partial charge in [0.2, 0.25) is 0 Å². The maximum absolute atomic E-state index is 12.3. The molecule has 0 radical (unpaired) electrons. The minimum Gasteiger partial charge on any atom is -0.465 e. The number of hydrogen-bond acceptors (Lipinski definition) is 2. The van der Waals surface area contributed by atoms with Crippen LogP contribution in [0.5, 0.6) is 0 Å². The Bertz CT molecular complexity index is 1040. The molecule has 4 heteroatoms. The Balaban J connectivity index is 1.37. The Hall–Kier alpha value is -3.11. The van der Waals surface area contributed by atoms with Crippen molar-refractivity contribution in [3.8, 4) is 11.1 Å². The second kappa shape index (κ2) is 7.62. The van der Waals surface area contributed by atoms with Crippen LogP contribution in [-0.2, 0) is 6.54 Å². The van der Waals surface area contributed by atoms with Gasteiger partial charge in [-0.1, -0.05) is 78.9 Å². The number of piperidine rings is 1. The lowest BCUT2D eigenvalue weighted by Crippen LogP contribution is -2.38. The molecular formula is C26H26N2O2. The third-order valence-electron chi connectivity index (χ3n) is 6.61. The Morgan fingerprint density at radius 3 is 2.37 bits per heavy atom. The summed E-state index contributed by atoms with van der Waals surface area (Å²) in [5.74, 6) is 0.590. The van der Waals surface area contributed by atoms with Gasteiger partial charge in [-0.3, -0.25) is 9.80 Å². The van der Waals surface area contributed by atoms with Gasteiger partial charge in [0.15, 0.2) is 0 Å². The molecule has 30 heavy (non-hydrogen) atoms. The van der Waals surface area contributed by atoms with Crippen LogP contribution in [0.2, 0.25) is 0 Å². The highest BCUT2D eigenvalue weighted by Gasteiger charge is 2.60. The predicted octanol–water partition coefficient (Wildman–Crippen LogP) is 5.36. The SMILES string of the molecule is O=C(O)N(CC12CC1CN(Cc1ccccc1)C2)c1ccccc1-c1ccccc1. The Morgan fingerprint density at radius 2 is 1.63 bits per heavy atom. The maximum atomic E-state index is 12.3. The number of likely N-dealkylation sites (tertiary alicyclic amines) is 1. The standard InChI is InChI=1S/C26H26N2O2/c29-25(30)28(24-14-8-7-13-23(24)21-11-5-2-6-12-21)19-26-15-22(26)17-27(18-26)16-20-9-3-1-4-10-20/h1-14,22H,15-19H2,(H,29,30). The van der Waals surface area contributed by atoms with Gasteiger partial charge < -0.3 is 5.11 Å². The van der Waals surface area contributed by atoms with Crippen molar-refractivity contribution in [3.05, 3.63) is 90.5 Å². The summed E-state index contributed by atoms with van der Waals surface area (Å²) < 4.78 is 0. The minimum absolute atomic E-state index is 0.0803. The molecule has 1 N–H and O–H groups in total. The number of rotatable bonds is 6. The molecule has 2 aliphatic rings. The Morgan fingerprint density at radius 1 is 0.967 bits per heavy atom. The highest BCUT2D eigenvalue weighted by atomic mass is 16.4. The van der Waals surface area contributed by atoms with E-state index in [2.05, 4.69) is 29.2 Å². The van der Waals surface area contributed by atoms with Gasteiger partial charge in [0.1, 0.15) is 0 Å². The predicted molar refractivity (Wildman–Crippen MR) is 120 cm³/mol. The monoisotopic (exact) mass is 398 g/mol. The summed E-state index contributed by atoms with van der Waals surface area (Å²) in [4.78, 5) is 16.4. The van der Waals surface area contributed by atoms with Crippen LogP contribution in [0.25, 0.3) is 11.1 Å². The van der Waals surface area contributed by atoms with Crippen LogP contribution in [0, 0.1) is 11.3 Å². The summed E-state index contributed by atoms with van der Waals surface area (Å²) in [5.41, 5.74) is 4.18. The molecule has 2 atom stereocenters. The van der Waals surface area contributed by atoms with Gasteiger partial charge in [-0.2, -0.15) is 0 Å². The van der Waals surface area contributed by atoms with Crippen molar-refractivity contribution in [1.29, 1.82) is 0 Å². The molecule has 1 saturated heterocycles. The van der Waals surface area contributed by atoms with Gasteiger partial charge in [-0.25, -0.2) is 4.79 Å². The summed E-state index contributed by atoms with van der Waals surface area (Å²) >= 11 is 0. The van der Waals surface area contributed by atoms with E-state index >= 15 is 0 Å². The van der Waals surface area contributed by atoms with Crippen molar-refractivity contribution >= 4 is 11.8 Å². The molecule has 0 spiro atoms. The molecule has 3 aromatic rings. The molecule has 4 nitrogen and oxygen atoms in total. The third kappa shape index (κ3) is 3.59. The van der Waals surface area contributed by atoms with Crippen LogP contribution in [0.15, 0.2) is 84.9 Å². The first kappa shape index (κ1) is 18.9. The van der Waals surface area contributed by atoms with E-state index in [1.54, 1.807) is 4.90 Å². The lowest BCUT2D eigenvalue weighted by atomic mass is 10.0. The van der Waals surface area contributed by atoms with Crippen molar-refractivity contribution in [1.82, 2.24) is 4.90 Å². The number of fused-ring (bicyclic) bond motifs is 1. The fraction of sp³-hybridized carbons (Fsp3) is 0.269. The second-order valence-electron chi connectivity index (χ2n) is 8.67. The van der Waals surface area contributed by atoms with E-state index in [0.29, 0.717) is 12.5 Å². The molecule has 2 fully saturated rings. The van der Waals surface area contributed by atoms with Crippen LogP contribution >= 0.6 is 0 Å². The van der Waals surface area contributed by atoms with E-state index < -0.39 is 6.09 Å². The number of carboxylic acid groups (broad SMARTS) is 1. The largest absolute Gasteiger partial charge is 0.465 e. The summed E-state index contributed by atoms with van der Waals surface area (Å²) in [6.07, 6.45) is 0.246. The zero-order valence-electron chi connectivity index (χ0n) is 16.9. The van der Waals surface area contributed by atoms with Crippen LogP contribution in [-0.4, -0.2) is 35.7 Å². The normalized spacial score (nSPS) is 22.5. The lowest BCUT2D eigenvalue weighted by Gasteiger charge is -2.28. The second-order valence-corrected chi connectivity index (χ2v) is 8.67. The zero-order chi connectivity index (χ0) is 20.6. The van der Waals surface area contributed by atoms with E-state index in [1.807, 2.05) is 60.7 Å². The summed E-state index contributed by atoms with van der Waals surface area (Å²) in [6, 6.07) is 28.4. The molecule has 0 aromatic heterocycles. The van der Waals surface area contributed by atoms with Gasteiger partial charge in [0, 0.05) is 37.2 Å². The van der Waals surface area contributed by atoms with Crippen LogP contribution < -0.4 is 4.90 Å². The Labute approximate surface area is 177 Å². The summed E-state index contributed by atoms with van der Waals surface area (Å²) in [5, 5.41) is 10.1. The topological polar surface area (TPSA) is 43.8 Å². The van der Waals surface area contributed by atoms with Crippen LogP contribution in [0.3, 0.4) is 0 Å². The lowest BCUT2D eigenvalue weighted by molar-refractivity contribution is 0.198. The number of hydrogen-bond donors (Lipinski definition) is 1. The molecule has 1 aliphatic carbocycles. The number of benzene rings is 3. The first-order chi connectivity index (χ1) is 14.6. The fourth-order valence-corrected chi connectivity index (χ4v) is 5.05. The van der Waals surface area contributed by atoms with Crippen molar-refractivity contribution in [2.45, 2.75) is 13.0 Å². The van der Waals surface area contributed by atoms with Crippen molar-refractivity contribution in [2.75, 3.05) is 24.5 Å². The van der Waals surface area contributed by atoms with Gasteiger partial charge >= 0.3 is 6.09 Å². The summed E-state index contributed by atoms with van der Waals surface area (Å²) in [7, 11) is 0. The molecular weight excluding hydrogens is 372 g/mol. The van der Waals surface area contributed by atoms with Crippen molar-refractivity contribution < 1.29 is 9.90 Å². The average Bonchev–Trinajstić information content (AvgIpc) is 3.33. The van der Waals surface area contributed by atoms with Gasteiger partial charge in [0.25, 0.3) is 0 Å². The van der Waals surface area contributed by atoms with E-state index in [1.165, 1.54) is 5.56 Å². The first-order valence-electron chi connectivity index (χ1n) is 10.6. The first-order valence-corrected chi connectivity index (χ1v) is 10.6. The maximum Gasteiger partial charge on any atom is 0.411 e. The van der Waals surface area contributed by atoms with Gasteiger partial charge in [0.05, 0.1) is 5.69 Å². The highest BCUT2D eigenvalue weighted by molar-refractivity contribution is 5.93. The number of nitrogens with zero attached hydrogens (tertiary/aromatic N) is 2. The zero-order valence-corrected chi connectivity index (χ0v) is 16.9. The smallest absolute Gasteiger partial charge is 0.411 e. The minimum atomic E-state index is -0.875. The summed E-state index contributed by atoms with van der Waals surface area (Å²) in [6.45, 7) is 3.52. The van der Waals surface area contributed by atoms with Crippen molar-refractivity contribution in [3.63, 3.8) is 0 Å². The number of anilines is 1. The molecule has 1 saturated carbocycles. The molecule has 0 bridgehead atoms. The van der Waals surface area contributed by atoms with E-state index in [9.17, 15) is 9.90 Å². The van der Waals surface area contributed by atoms with E-state index in [-0.39, 0.29) is 5.41 Å². The van der Waals surface area contributed by atoms with Crippen LogP contribution in [0.4, 0.5) is 10.5 Å². The molecule has 2 unspecified atom stereocenters. The number of amides is 1. The van der Waals surface area contributed by atoms with Crippen LogP contribution in [0.1, 0.15) is 12.0 Å². The average molecular weight is 399 g/mol. The van der Waals surface area contributed by atoms with E-state index in [0.717, 1.165) is 42.9 Å². The molecule has 1 heterocycles. The molecule has 3 aromatic carbocycles. The van der Waals surface area contributed by atoms with Crippen molar-refractivity contribution in [2.24, 2.45) is 11.3 Å². The van der Waals surface area contributed by atoms with E-state index in [4.69, 9.17) is 0 Å². The van der Waals surface area contributed by atoms with Gasteiger partial charge in [-0.15, -0.1) is 0 Å². The third-order valence-corrected chi connectivity index (χ3v) is 6.61. The molecule has 1 aliphatic heterocycles. The number of carbonyl (C=O) groups is 1. The Kier molecular flexibility index (Phi) is 4.80. The molecule has 5 rings (SSSR count).